The molecule has 23 heavy (non-hydrogen) atoms. The van der Waals surface area contributed by atoms with Crippen molar-refractivity contribution in [3.05, 3.63) is 76.9 Å². The van der Waals surface area contributed by atoms with Crippen molar-refractivity contribution in [1.82, 2.24) is 0 Å². The van der Waals surface area contributed by atoms with E-state index in [4.69, 9.17) is 9.84 Å². The molecule has 1 saturated carbocycles. The molecule has 1 fully saturated rings. The molecule has 1 aliphatic carbocycles. The van der Waals surface area contributed by atoms with E-state index >= 15 is 0 Å². The van der Waals surface area contributed by atoms with E-state index in [0.29, 0.717) is 6.61 Å². The van der Waals surface area contributed by atoms with E-state index in [9.17, 15) is 0 Å². The second-order valence-corrected chi connectivity index (χ2v) is 5.55. The molecule has 0 unspecified atom stereocenters. The summed E-state index contributed by atoms with van der Waals surface area (Å²) >= 11 is 0. The molecule has 0 spiro atoms. The Balaban J connectivity index is 1.77. The first-order valence-electron chi connectivity index (χ1n) is 8.00. The first kappa shape index (κ1) is 15.4. The maximum Gasteiger partial charge on any atom is 0.125 e. The first-order valence-corrected chi connectivity index (χ1v) is 8.00. The molecule has 0 aliphatic heterocycles. The predicted octanol–water partition coefficient (Wildman–Crippen LogP) is 3.99. The summed E-state index contributed by atoms with van der Waals surface area (Å²) in [7, 11) is 0. The van der Waals surface area contributed by atoms with Crippen LogP contribution in [0.25, 0.3) is 5.76 Å². The molecule has 1 aliphatic rings. The van der Waals surface area contributed by atoms with E-state index in [-0.39, 0.29) is 6.61 Å². The van der Waals surface area contributed by atoms with Gasteiger partial charge in [0, 0.05) is 16.7 Å². The van der Waals surface area contributed by atoms with Gasteiger partial charge in [0.25, 0.3) is 0 Å². The van der Waals surface area contributed by atoms with Crippen LogP contribution in [0.15, 0.2) is 60.2 Å². The van der Waals surface area contributed by atoms with Gasteiger partial charge in [0.1, 0.15) is 12.4 Å². The number of hydrogen-bond donors (Lipinski definition) is 1. The van der Waals surface area contributed by atoms with Crippen LogP contribution >= 0.6 is 0 Å². The third-order valence-electron chi connectivity index (χ3n) is 3.89. The highest BCUT2D eigenvalue weighted by Gasteiger charge is 2.17. The second-order valence-electron chi connectivity index (χ2n) is 5.55. The van der Waals surface area contributed by atoms with Crippen LogP contribution in [0.1, 0.15) is 36.0 Å². The molecule has 2 nitrogen and oxygen atoms in total. The van der Waals surface area contributed by atoms with Crippen LogP contribution in [0.4, 0.5) is 0 Å². The summed E-state index contributed by atoms with van der Waals surface area (Å²) in [4.78, 5) is 0. The summed E-state index contributed by atoms with van der Waals surface area (Å²) in [5.74, 6) is 7.28. The van der Waals surface area contributed by atoms with E-state index in [1.807, 2.05) is 54.6 Å². The summed E-state index contributed by atoms with van der Waals surface area (Å²) in [6.07, 6.45) is 3.41. The number of aliphatic hydroxyl groups excluding tert-OH is 1. The van der Waals surface area contributed by atoms with Crippen molar-refractivity contribution >= 4 is 5.76 Å². The van der Waals surface area contributed by atoms with E-state index in [1.54, 1.807) is 0 Å². The van der Waals surface area contributed by atoms with Crippen molar-refractivity contribution < 1.29 is 9.84 Å². The van der Waals surface area contributed by atoms with Crippen LogP contribution in [0.3, 0.4) is 0 Å². The summed E-state index contributed by atoms with van der Waals surface area (Å²) in [5.41, 5.74) is 4.41. The van der Waals surface area contributed by atoms with Crippen molar-refractivity contribution in [2.45, 2.75) is 19.3 Å². The van der Waals surface area contributed by atoms with Crippen LogP contribution in [0.5, 0.6) is 0 Å². The molecule has 3 rings (SSSR count). The van der Waals surface area contributed by atoms with Gasteiger partial charge in [0.2, 0.25) is 0 Å². The fraction of sp³-hybridized carbons (Fsp3) is 0.238. The monoisotopic (exact) mass is 304 g/mol. The highest BCUT2D eigenvalue weighted by atomic mass is 16.5. The van der Waals surface area contributed by atoms with Crippen molar-refractivity contribution in [2.24, 2.45) is 0 Å². The summed E-state index contributed by atoms with van der Waals surface area (Å²) in [6, 6.07) is 18.1. The molecule has 0 bridgehead atoms. The molecular formula is C21H20O2. The van der Waals surface area contributed by atoms with Gasteiger partial charge in [-0.3, -0.25) is 0 Å². The second kappa shape index (κ2) is 7.67. The molecule has 1 N–H and O–H groups in total. The Morgan fingerprint density at radius 1 is 0.913 bits per heavy atom. The van der Waals surface area contributed by atoms with E-state index in [0.717, 1.165) is 35.3 Å². The van der Waals surface area contributed by atoms with E-state index < -0.39 is 0 Å². The normalized spacial score (nSPS) is 12.8. The fourth-order valence-electron chi connectivity index (χ4n) is 2.49. The van der Waals surface area contributed by atoms with Crippen LogP contribution < -0.4 is 0 Å². The quantitative estimate of drug-likeness (QED) is 0.683. The van der Waals surface area contributed by atoms with Crippen LogP contribution in [0.2, 0.25) is 0 Å². The molecule has 0 aromatic heterocycles. The molecule has 0 saturated heterocycles. The fourth-order valence-corrected chi connectivity index (χ4v) is 2.49. The van der Waals surface area contributed by atoms with Gasteiger partial charge in [-0.1, -0.05) is 42.2 Å². The zero-order chi connectivity index (χ0) is 15.9. The van der Waals surface area contributed by atoms with Gasteiger partial charge < -0.3 is 9.84 Å². The molecular weight excluding hydrogens is 284 g/mol. The molecule has 0 radical (unpaired) electrons. The van der Waals surface area contributed by atoms with Crippen molar-refractivity contribution in [2.75, 3.05) is 13.2 Å². The van der Waals surface area contributed by atoms with E-state index in [2.05, 4.69) is 11.8 Å². The highest BCUT2D eigenvalue weighted by Crippen LogP contribution is 2.34. The maximum atomic E-state index is 8.99. The van der Waals surface area contributed by atoms with Gasteiger partial charge in [-0.05, 0) is 49.1 Å². The zero-order valence-electron chi connectivity index (χ0n) is 13.1. The Kier molecular flexibility index (Phi) is 5.13. The lowest BCUT2D eigenvalue weighted by Crippen LogP contribution is -2.07. The van der Waals surface area contributed by atoms with Gasteiger partial charge in [-0.25, -0.2) is 0 Å². The van der Waals surface area contributed by atoms with Gasteiger partial charge in [-0.2, -0.15) is 0 Å². The molecule has 0 amide bonds. The van der Waals surface area contributed by atoms with Gasteiger partial charge in [0.15, 0.2) is 0 Å². The molecule has 0 heterocycles. The number of ether oxygens (including phenoxy) is 1. The number of allylic oxidation sites excluding steroid dienone is 1. The number of hydrogen-bond acceptors (Lipinski definition) is 2. The smallest absolute Gasteiger partial charge is 0.125 e. The van der Waals surface area contributed by atoms with Crippen molar-refractivity contribution in [3.8, 4) is 11.8 Å². The zero-order valence-corrected chi connectivity index (χ0v) is 13.1. The third-order valence-corrected chi connectivity index (χ3v) is 3.89. The predicted molar refractivity (Wildman–Crippen MR) is 92.7 cm³/mol. The Morgan fingerprint density at radius 3 is 2.13 bits per heavy atom. The van der Waals surface area contributed by atoms with Crippen molar-refractivity contribution in [3.63, 3.8) is 0 Å². The lowest BCUT2D eigenvalue weighted by atomic mass is 9.89. The minimum absolute atomic E-state index is 0.0391. The lowest BCUT2D eigenvalue weighted by Gasteiger charge is -2.22. The molecule has 2 aromatic rings. The van der Waals surface area contributed by atoms with E-state index in [1.165, 1.54) is 12.0 Å². The average Bonchev–Trinajstić information content (AvgIpc) is 2.56. The minimum Gasteiger partial charge on any atom is -0.491 e. The Bertz CT molecular complexity index is 725. The molecule has 0 atom stereocenters. The van der Waals surface area contributed by atoms with Crippen LogP contribution in [0, 0.1) is 11.8 Å². The summed E-state index contributed by atoms with van der Waals surface area (Å²) < 4.78 is 5.74. The largest absolute Gasteiger partial charge is 0.491 e. The Hall–Kier alpha value is -2.50. The third kappa shape index (κ3) is 4.03. The lowest BCUT2D eigenvalue weighted by molar-refractivity contribution is 0.178. The Morgan fingerprint density at radius 2 is 1.57 bits per heavy atom. The number of rotatable bonds is 4. The van der Waals surface area contributed by atoms with Crippen LogP contribution in [-0.4, -0.2) is 18.3 Å². The van der Waals surface area contributed by atoms with Gasteiger partial charge in [-0.15, -0.1) is 0 Å². The Labute approximate surface area is 137 Å². The topological polar surface area (TPSA) is 29.5 Å². The van der Waals surface area contributed by atoms with Crippen LogP contribution in [-0.2, 0) is 4.74 Å². The maximum absolute atomic E-state index is 8.99. The molecule has 2 aromatic carbocycles. The summed E-state index contributed by atoms with van der Waals surface area (Å²) in [6.45, 7) is 0.381. The molecule has 116 valence electrons. The number of aliphatic hydroxyl groups is 1. The highest BCUT2D eigenvalue weighted by molar-refractivity contribution is 5.65. The summed E-state index contributed by atoms with van der Waals surface area (Å²) in [5, 5.41) is 8.99. The van der Waals surface area contributed by atoms with Gasteiger partial charge in [0.05, 0.1) is 6.61 Å². The number of benzene rings is 2. The minimum atomic E-state index is 0.0391. The average molecular weight is 304 g/mol. The SMILES string of the molecule is OCCOC(=C1CCC1)c1ccc(C#Cc2ccccc2)cc1. The standard InChI is InChI=1S/C21H20O2/c22-15-16-23-21(19-7-4-8-19)20-13-11-18(12-14-20)10-9-17-5-2-1-3-6-17/h1-3,5-6,11-14,22H,4,7-8,15-16H2. The van der Waals surface area contributed by atoms with Crippen molar-refractivity contribution in [1.29, 1.82) is 0 Å². The first-order chi connectivity index (χ1) is 11.4. The molecule has 2 heteroatoms. The van der Waals surface area contributed by atoms with Gasteiger partial charge >= 0.3 is 0 Å².